The fourth-order valence-electron chi connectivity index (χ4n) is 3.95. The summed E-state index contributed by atoms with van der Waals surface area (Å²) in [6, 6.07) is 17.8. The van der Waals surface area contributed by atoms with Gasteiger partial charge >= 0.3 is 5.76 Å². The standard InChI is InChI=1S/C27H25N5O5S/c1-27(2,36)15-32-19-9-8-17(28-13-20(33)16-6-4-3-5-7-16)12-18(19)30-25(32)31-24(34)23-11-10-22(38-23)21-14-29-26(35)37-21/h3-12,14,28,36H,13,15H2,1-2H3,(H,29,35)(H,30,31,34). The Morgan fingerprint density at radius 2 is 1.92 bits per heavy atom. The Bertz CT molecular complexity index is 1670. The zero-order valence-corrected chi connectivity index (χ0v) is 21.5. The van der Waals surface area contributed by atoms with Crippen molar-refractivity contribution < 1.29 is 19.1 Å². The molecule has 0 aliphatic heterocycles. The molecule has 0 unspecified atom stereocenters. The van der Waals surface area contributed by atoms with E-state index in [4.69, 9.17) is 4.42 Å². The minimum absolute atomic E-state index is 0.0413. The van der Waals surface area contributed by atoms with Crippen molar-refractivity contribution >= 4 is 45.7 Å². The third-order valence-electron chi connectivity index (χ3n) is 5.66. The smallest absolute Gasteiger partial charge is 0.407 e. The SMILES string of the molecule is CC(C)(O)Cn1c(NC(=O)c2ccc(-c3c[nH]c(=O)o3)s2)nc2cc(NCC(=O)c3ccccc3)ccc21. The number of hydrogen-bond acceptors (Lipinski definition) is 8. The summed E-state index contributed by atoms with van der Waals surface area (Å²) in [7, 11) is 0. The molecule has 194 valence electrons. The highest BCUT2D eigenvalue weighted by Gasteiger charge is 2.22. The van der Waals surface area contributed by atoms with Crippen LogP contribution in [0.4, 0.5) is 11.6 Å². The second kappa shape index (κ2) is 10.1. The van der Waals surface area contributed by atoms with E-state index in [1.807, 2.05) is 30.3 Å². The molecule has 4 N–H and O–H groups in total. The highest BCUT2D eigenvalue weighted by atomic mass is 32.1. The first-order valence-electron chi connectivity index (χ1n) is 11.8. The first-order chi connectivity index (χ1) is 18.2. The van der Waals surface area contributed by atoms with Gasteiger partial charge in [-0.15, -0.1) is 11.3 Å². The molecule has 0 radical (unpaired) electrons. The van der Waals surface area contributed by atoms with Crippen molar-refractivity contribution in [2.45, 2.75) is 26.0 Å². The number of aromatic amines is 1. The van der Waals surface area contributed by atoms with Crippen molar-refractivity contribution in [3.8, 4) is 10.6 Å². The van der Waals surface area contributed by atoms with E-state index in [1.54, 1.807) is 48.7 Å². The summed E-state index contributed by atoms with van der Waals surface area (Å²) < 4.78 is 6.80. The number of H-pyrrole nitrogens is 1. The number of imidazole rings is 1. The van der Waals surface area contributed by atoms with Gasteiger partial charge in [-0.3, -0.25) is 19.9 Å². The molecule has 3 aromatic heterocycles. The largest absolute Gasteiger partial charge is 0.416 e. The molecule has 1 amide bonds. The number of nitrogens with one attached hydrogen (secondary N) is 3. The third kappa shape index (κ3) is 5.58. The summed E-state index contributed by atoms with van der Waals surface area (Å²) in [6.07, 6.45) is 1.44. The Hall–Kier alpha value is -4.48. The molecule has 0 spiro atoms. The molecule has 5 rings (SSSR count). The second-order valence-corrected chi connectivity index (χ2v) is 10.4. The molecule has 0 aliphatic carbocycles. The van der Waals surface area contributed by atoms with Crippen molar-refractivity contribution in [3.05, 3.63) is 87.9 Å². The molecular weight excluding hydrogens is 506 g/mol. The number of amides is 1. The van der Waals surface area contributed by atoms with Crippen LogP contribution in [0.2, 0.25) is 0 Å². The van der Waals surface area contributed by atoms with Crippen molar-refractivity contribution in [1.29, 1.82) is 0 Å². The monoisotopic (exact) mass is 531 g/mol. The number of aliphatic hydroxyl groups is 1. The Balaban J connectivity index is 1.39. The van der Waals surface area contributed by atoms with Crippen molar-refractivity contribution in [3.63, 3.8) is 0 Å². The van der Waals surface area contributed by atoms with Gasteiger partial charge in [0.05, 0.1) is 45.7 Å². The van der Waals surface area contributed by atoms with Gasteiger partial charge in [0.1, 0.15) is 0 Å². The topological polar surface area (TPSA) is 142 Å². The number of ketones is 1. The van der Waals surface area contributed by atoms with Crippen LogP contribution in [0, 0.1) is 0 Å². The average Bonchev–Trinajstić information content (AvgIpc) is 3.61. The first kappa shape index (κ1) is 25.2. The minimum atomic E-state index is -1.08. The fraction of sp³-hybridized carbons (Fsp3) is 0.185. The van der Waals surface area contributed by atoms with Crippen LogP contribution in [0.3, 0.4) is 0 Å². The number of thiophene rings is 1. The zero-order valence-electron chi connectivity index (χ0n) is 20.6. The summed E-state index contributed by atoms with van der Waals surface area (Å²) in [5, 5.41) is 16.5. The van der Waals surface area contributed by atoms with E-state index in [0.717, 1.165) is 0 Å². The molecule has 0 atom stereocenters. The van der Waals surface area contributed by atoms with Gasteiger partial charge < -0.3 is 19.4 Å². The lowest BCUT2D eigenvalue weighted by molar-refractivity contribution is 0.0630. The lowest BCUT2D eigenvalue weighted by Gasteiger charge is -2.20. The van der Waals surface area contributed by atoms with Crippen LogP contribution in [-0.2, 0) is 6.54 Å². The lowest BCUT2D eigenvalue weighted by atomic mass is 10.1. The molecule has 0 bridgehead atoms. The van der Waals surface area contributed by atoms with Crippen LogP contribution < -0.4 is 16.4 Å². The van der Waals surface area contributed by atoms with E-state index in [0.29, 0.717) is 37.8 Å². The summed E-state index contributed by atoms with van der Waals surface area (Å²) >= 11 is 1.17. The maximum Gasteiger partial charge on any atom is 0.416 e. The number of rotatable bonds is 9. The van der Waals surface area contributed by atoms with Gasteiger partial charge in [0.15, 0.2) is 11.5 Å². The predicted octanol–water partition coefficient (Wildman–Crippen LogP) is 4.36. The van der Waals surface area contributed by atoms with Gasteiger partial charge in [0, 0.05) is 11.3 Å². The molecule has 0 aliphatic rings. The predicted molar refractivity (Wildman–Crippen MR) is 146 cm³/mol. The van der Waals surface area contributed by atoms with Crippen LogP contribution in [0.5, 0.6) is 0 Å². The van der Waals surface area contributed by atoms with E-state index in [-0.39, 0.29) is 24.8 Å². The number of carbonyl (C=O) groups is 2. The van der Waals surface area contributed by atoms with E-state index in [1.165, 1.54) is 17.5 Å². The van der Waals surface area contributed by atoms with Gasteiger partial charge in [-0.25, -0.2) is 9.78 Å². The van der Waals surface area contributed by atoms with Crippen molar-refractivity contribution in [2.24, 2.45) is 0 Å². The summed E-state index contributed by atoms with van der Waals surface area (Å²) in [6.45, 7) is 3.64. The normalized spacial score (nSPS) is 11.6. The van der Waals surface area contributed by atoms with Crippen LogP contribution >= 0.6 is 11.3 Å². The fourth-order valence-corrected chi connectivity index (χ4v) is 4.80. The summed E-state index contributed by atoms with van der Waals surface area (Å²) in [5.74, 6) is -0.386. The van der Waals surface area contributed by atoms with Gasteiger partial charge in [0.2, 0.25) is 5.95 Å². The van der Waals surface area contributed by atoms with Gasteiger partial charge in [-0.1, -0.05) is 30.3 Å². The number of nitrogens with zero attached hydrogens (tertiary/aromatic N) is 2. The van der Waals surface area contributed by atoms with E-state index >= 15 is 0 Å². The van der Waals surface area contributed by atoms with Crippen LogP contribution in [0.15, 0.2) is 76.1 Å². The van der Waals surface area contributed by atoms with Gasteiger partial charge in [0.25, 0.3) is 5.91 Å². The highest BCUT2D eigenvalue weighted by molar-refractivity contribution is 7.17. The number of benzene rings is 2. The molecule has 0 fully saturated rings. The number of anilines is 2. The number of oxazole rings is 1. The summed E-state index contributed by atoms with van der Waals surface area (Å²) in [4.78, 5) is 44.9. The molecule has 2 aromatic carbocycles. The van der Waals surface area contributed by atoms with Gasteiger partial charge in [-0.05, 0) is 44.2 Å². The number of fused-ring (bicyclic) bond motifs is 1. The van der Waals surface area contributed by atoms with Crippen LogP contribution in [0.25, 0.3) is 21.7 Å². The molecule has 38 heavy (non-hydrogen) atoms. The Kier molecular flexibility index (Phi) is 6.70. The average molecular weight is 532 g/mol. The number of aromatic nitrogens is 3. The Morgan fingerprint density at radius 1 is 1.13 bits per heavy atom. The maximum atomic E-state index is 13.1. The Morgan fingerprint density at radius 3 is 2.63 bits per heavy atom. The lowest BCUT2D eigenvalue weighted by Crippen LogP contribution is -2.27. The van der Waals surface area contributed by atoms with Crippen molar-refractivity contribution in [1.82, 2.24) is 14.5 Å². The third-order valence-corrected chi connectivity index (χ3v) is 6.76. The highest BCUT2D eigenvalue weighted by Crippen LogP contribution is 2.29. The molecular formula is C27H25N5O5S. The van der Waals surface area contributed by atoms with E-state index < -0.39 is 17.3 Å². The molecule has 0 saturated heterocycles. The van der Waals surface area contributed by atoms with Crippen LogP contribution in [0.1, 0.15) is 33.9 Å². The number of hydrogen-bond donors (Lipinski definition) is 4. The first-order valence-corrected chi connectivity index (χ1v) is 12.6. The second-order valence-electron chi connectivity index (χ2n) is 9.34. The molecule has 5 aromatic rings. The quantitative estimate of drug-likeness (QED) is 0.207. The summed E-state index contributed by atoms with van der Waals surface area (Å²) in [5.41, 5.74) is 1.54. The van der Waals surface area contributed by atoms with Crippen molar-refractivity contribution in [2.75, 3.05) is 17.2 Å². The number of Topliss-reactive ketones (excluding diaryl/α,β-unsaturated/α-hetero) is 1. The Labute approximate surface area is 221 Å². The van der Waals surface area contributed by atoms with Gasteiger partial charge in [-0.2, -0.15) is 0 Å². The molecule has 10 nitrogen and oxygen atoms in total. The van der Waals surface area contributed by atoms with Crippen LogP contribution in [-0.4, -0.2) is 43.5 Å². The minimum Gasteiger partial charge on any atom is -0.407 e. The maximum absolute atomic E-state index is 13.1. The number of carbonyl (C=O) groups excluding carboxylic acids is 2. The van der Waals surface area contributed by atoms with E-state index in [2.05, 4.69) is 20.6 Å². The molecule has 3 heterocycles. The molecule has 0 saturated carbocycles. The van der Waals surface area contributed by atoms with E-state index in [9.17, 15) is 19.5 Å². The molecule has 11 heteroatoms. The zero-order chi connectivity index (χ0) is 26.9.